The van der Waals surface area contributed by atoms with E-state index in [9.17, 15) is 22.8 Å². The van der Waals surface area contributed by atoms with Gasteiger partial charge in [0.2, 0.25) is 0 Å². The van der Waals surface area contributed by atoms with Crippen LogP contribution in [0.1, 0.15) is 27.0 Å². The number of benzene rings is 2. The fourth-order valence-corrected chi connectivity index (χ4v) is 2.34. The fourth-order valence-electron chi connectivity index (χ4n) is 2.34. The lowest BCUT2D eigenvalue weighted by molar-refractivity contribution is -0.137. The van der Waals surface area contributed by atoms with E-state index in [-0.39, 0.29) is 11.9 Å². The third kappa shape index (κ3) is 6.32. The second-order valence-electron chi connectivity index (χ2n) is 5.83. The van der Waals surface area contributed by atoms with Crippen molar-refractivity contribution in [2.24, 2.45) is 0 Å². The van der Waals surface area contributed by atoms with Gasteiger partial charge in [-0.1, -0.05) is 24.3 Å². The second kappa shape index (κ2) is 9.07. The predicted octanol–water partition coefficient (Wildman–Crippen LogP) is 3.11. The predicted molar refractivity (Wildman–Crippen MR) is 95.2 cm³/mol. The zero-order valence-corrected chi connectivity index (χ0v) is 14.7. The monoisotopic (exact) mass is 379 g/mol. The number of nitrogens with one attached hydrogen (secondary N) is 3. The van der Waals surface area contributed by atoms with Crippen molar-refractivity contribution in [3.05, 3.63) is 70.8 Å². The SMILES string of the molecule is CNC(=O)c1ccc(CNC(=O)NCCc2ccc(C(F)(F)F)cc2)cc1. The van der Waals surface area contributed by atoms with E-state index in [1.54, 1.807) is 31.3 Å². The minimum Gasteiger partial charge on any atom is -0.355 e. The van der Waals surface area contributed by atoms with Crippen LogP contribution >= 0.6 is 0 Å². The van der Waals surface area contributed by atoms with Crippen molar-refractivity contribution in [3.8, 4) is 0 Å². The van der Waals surface area contributed by atoms with E-state index in [1.165, 1.54) is 12.1 Å². The number of alkyl halides is 3. The standard InChI is InChI=1S/C19H20F3N3O2/c1-23-17(26)15-6-2-14(3-7-15)12-25-18(27)24-11-10-13-4-8-16(9-5-13)19(20,21)22/h2-9H,10-12H2,1H3,(H,23,26)(H2,24,25,27). The molecule has 0 aliphatic carbocycles. The van der Waals surface area contributed by atoms with Gasteiger partial charge in [0.1, 0.15) is 0 Å². The van der Waals surface area contributed by atoms with Crippen molar-refractivity contribution in [2.75, 3.05) is 13.6 Å². The van der Waals surface area contributed by atoms with E-state index in [2.05, 4.69) is 16.0 Å². The molecule has 2 rings (SSSR count). The molecule has 0 saturated heterocycles. The summed E-state index contributed by atoms with van der Waals surface area (Å²) >= 11 is 0. The van der Waals surface area contributed by atoms with Gasteiger partial charge in [0.25, 0.3) is 5.91 Å². The number of carbonyl (C=O) groups excluding carboxylic acids is 2. The Morgan fingerprint density at radius 2 is 1.48 bits per heavy atom. The number of amides is 3. The highest BCUT2D eigenvalue weighted by molar-refractivity contribution is 5.93. The molecule has 0 radical (unpaired) electrons. The maximum atomic E-state index is 12.5. The zero-order valence-electron chi connectivity index (χ0n) is 14.7. The molecule has 3 N–H and O–H groups in total. The third-order valence-electron chi connectivity index (χ3n) is 3.88. The zero-order chi connectivity index (χ0) is 19.9. The molecule has 0 aliphatic rings. The number of halogens is 3. The average Bonchev–Trinajstić information content (AvgIpc) is 2.66. The molecule has 27 heavy (non-hydrogen) atoms. The fraction of sp³-hybridized carbons (Fsp3) is 0.263. The van der Waals surface area contributed by atoms with Crippen molar-refractivity contribution in [1.82, 2.24) is 16.0 Å². The molecule has 0 spiro atoms. The van der Waals surface area contributed by atoms with Gasteiger partial charge in [0.15, 0.2) is 0 Å². The third-order valence-corrected chi connectivity index (χ3v) is 3.88. The Bertz CT molecular complexity index is 772. The van der Waals surface area contributed by atoms with Gasteiger partial charge < -0.3 is 16.0 Å². The van der Waals surface area contributed by atoms with Crippen LogP contribution in [-0.4, -0.2) is 25.5 Å². The Hall–Kier alpha value is -3.03. The van der Waals surface area contributed by atoms with Crippen LogP contribution in [0.4, 0.5) is 18.0 Å². The van der Waals surface area contributed by atoms with Crippen molar-refractivity contribution in [1.29, 1.82) is 0 Å². The molecule has 0 heterocycles. The normalized spacial score (nSPS) is 11.0. The lowest BCUT2D eigenvalue weighted by Crippen LogP contribution is -2.36. The summed E-state index contributed by atoms with van der Waals surface area (Å²) in [5.41, 5.74) is 1.37. The Morgan fingerprint density at radius 1 is 0.889 bits per heavy atom. The van der Waals surface area contributed by atoms with Gasteiger partial charge in [-0.15, -0.1) is 0 Å². The molecule has 2 aromatic rings. The van der Waals surface area contributed by atoms with Gasteiger partial charge in [0, 0.05) is 25.7 Å². The first-order valence-corrected chi connectivity index (χ1v) is 8.28. The second-order valence-corrected chi connectivity index (χ2v) is 5.83. The van der Waals surface area contributed by atoms with Crippen molar-refractivity contribution in [3.63, 3.8) is 0 Å². The minimum absolute atomic E-state index is 0.185. The van der Waals surface area contributed by atoms with Gasteiger partial charge in [0.05, 0.1) is 5.56 Å². The highest BCUT2D eigenvalue weighted by atomic mass is 19.4. The highest BCUT2D eigenvalue weighted by Gasteiger charge is 2.29. The van der Waals surface area contributed by atoms with E-state index < -0.39 is 11.7 Å². The summed E-state index contributed by atoms with van der Waals surface area (Å²) in [6, 6.07) is 11.3. The Balaban J connectivity index is 1.72. The quantitative estimate of drug-likeness (QED) is 0.722. The van der Waals surface area contributed by atoms with Crippen molar-refractivity contribution < 1.29 is 22.8 Å². The number of urea groups is 1. The van der Waals surface area contributed by atoms with E-state index in [4.69, 9.17) is 0 Å². The average molecular weight is 379 g/mol. The summed E-state index contributed by atoms with van der Waals surface area (Å²) in [4.78, 5) is 23.2. The molecule has 144 valence electrons. The molecule has 0 atom stereocenters. The Labute approximate surface area is 155 Å². The summed E-state index contributed by atoms with van der Waals surface area (Å²) in [6.45, 7) is 0.590. The molecule has 5 nitrogen and oxygen atoms in total. The number of carbonyl (C=O) groups is 2. The van der Waals surface area contributed by atoms with E-state index in [1.807, 2.05) is 0 Å². The van der Waals surface area contributed by atoms with E-state index in [0.29, 0.717) is 30.6 Å². The smallest absolute Gasteiger partial charge is 0.355 e. The van der Waals surface area contributed by atoms with Crippen LogP contribution in [0.15, 0.2) is 48.5 Å². The molecule has 8 heteroatoms. The first kappa shape index (κ1) is 20.3. The van der Waals surface area contributed by atoms with Crippen LogP contribution in [0, 0.1) is 0 Å². The summed E-state index contributed by atoms with van der Waals surface area (Å²) in [5, 5.41) is 7.85. The highest BCUT2D eigenvalue weighted by Crippen LogP contribution is 2.29. The van der Waals surface area contributed by atoms with Crippen molar-refractivity contribution in [2.45, 2.75) is 19.1 Å². The van der Waals surface area contributed by atoms with Crippen LogP contribution in [0.2, 0.25) is 0 Å². The van der Waals surface area contributed by atoms with Gasteiger partial charge in [-0.2, -0.15) is 13.2 Å². The molecule has 0 aliphatic heterocycles. The molecular formula is C19H20F3N3O2. The van der Waals surface area contributed by atoms with Crippen LogP contribution in [0.3, 0.4) is 0 Å². The number of hydrogen-bond acceptors (Lipinski definition) is 2. The van der Waals surface area contributed by atoms with Crippen LogP contribution in [0.25, 0.3) is 0 Å². The summed E-state index contributed by atoms with van der Waals surface area (Å²) in [5.74, 6) is -0.185. The van der Waals surface area contributed by atoms with Crippen LogP contribution in [0.5, 0.6) is 0 Å². The number of rotatable bonds is 6. The first-order chi connectivity index (χ1) is 12.8. The molecule has 0 unspecified atom stereocenters. The molecule has 3 amide bonds. The maximum Gasteiger partial charge on any atom is 0.416 e. The van der Waals surface area contributed by atoms with Gasteiger partial charge in [-0.3, -0.25) is 4.79 Å². The molecule has 0 fully saturated rings. The van der Waals surface area contributed by atoms with E-state index >= 15 is 0 Å². The largest absolute Gasteiger partial charge is 0.416 e. The summed E-state index contributed by atoms with van der Waals surface area (Å²) in [6.07, 6.45) is -3.93. The minimum atomic E-state index is -4.35. The molecule has 0 saturated carbocycles. The summed E-state index contributed by atoms with van der Waals surface area (Å²) in [7, 11) is 1.55. The molecule has 0 bridgehead atoms. The van der Waals surface area contributed by atoms with E-state index in [0.717, 1.165) is 17.7 Å². The first-order valence-electron chi connectivity index (χ1n) is 8.28. The number of hydrogen-bond donors (Lipinski definition) is 3. The Kier molecular flexibility index (Phi) is 6.81. The van der Waals surface area contributed by atoms with Gasteiger partial charge >= 0.3 is 12.2 Å². The molecule has 2 aromatic carbocycles. The van der Waals surface area contributed by atoms with Gasteiger partial charge in [-0.25, -0.2) is 4.79 Å². The van der Waals surface area contributed by atoms with Crippen molar-refractivity contribution >= 4 is 11.9 Å². The summed E-state index contributed by atoms with van der Waals surface area (Å²) < 4.78 is 37.5. The van der Waals surface area contributed by atoms with Crippen LogP contribution in [-0.2, 0) is 19.1 Å². The molecule has 0 aromatic heterocycles. The molecular weight excluding hydrogens is 359 g/mol. The lowest BCUT2D eigenvalue weighted by atomic mass is 10.1. The van der Waals surface area contributed by atoms with Gasteiger partial charge in [-0.05, 0) is 41.8 Å². The Morgan fingerprint density at radius 3 is 2.04 bits per heavy atom. The lowest BCUT2D eigenvalue weighted by Gasteiger charge is -2.09. The van der Waals surface area contributed by atoms with Crippen LogP contribution < -0.4 is 16.0 Å². The topological polar surface area (TPSA) is 70.2 Å². The maximum absolute atomic E-state index is 12.5.